The van der Waals surface area contributed by atoms with E-state index in [1.807, 2.05) is 6.07 Å². The van der Waals surface area contributed by atoms with Crippen molar-refractivity contribution >= 4 is 17.1 Å². The molecular weight excluding hydrogens is 310 g/mol. The zero-order valence-electron chi connectivity index (χ0n) is 13.7. The number of benzene rings is 2. The highest BCUT2D eigenvalue weighted by molar-refractivity contribution is 5.93. The van der Waals surface area contributed by atoms with Gasteiger partial charge in [-0.15, -0.1) is 0 Å². The van der Waals surface area contributed by atoms with Crippen LogP contribution in [0.5, 0.6) is 11.5 Å². The molecule has 0 saturated heterocycles. The van der Waals surface area contributed by atoms with Crippen molar-refractivity contribution in [3.8, 4) is 23.0 Å². The number of fused-ring (bicyclic) bond motifs is 1. The zero-order valence-corrected chi connectivity index (χ0v) is 13.7. The zero-order chi connectivity index (χ0) is 17.1. The summed E-state index contributed by atoms with van der Waals surface area (Å²) in [5.74, 6) is 1.27. The van der Waals surface area contributed by atoms with Crippen LogP contribution in [0, 0.1) is 0 Å². The third-order valence-electron chi connectivity index (χ3n) is 3.53. The molecule has 1 heterocycles. The topological polar surface area (TPSA) is 70.8 Å². The van der Waals surface area contributed by atoms with Crippen molar-refractivity contribution in [2.45, 2.75) is 6.92 Å². The highest BCUT2D eigenvalue weighted by Gasteiger charge is 2.14. The Morgan fingerprint density at radius 2 is 1.88 bits per heavy atom. The number of esters is 1. The molecule has 0 atom stereocenters. The van der Waals surface area contributed by atoms with Crippen molar-refractivity contribution < 1.29 is 23.4 Å². The van der Waals surface area contributed by atoms with Gasteiger partial charge in [0.15, 0.2) is 17.1 Å². The number of carbonyl (C=O) groups excluding carboxylic acids is 1. The second-order valence-corrected chi connectivity index (χ2v) is 4.99. The van der Waals surface area contributed by atoms with E-state index >= 15 is 0 Å². The molecule has 24 heavy (non-hydrogen) atoms. The molecular formula is C18H17NO5. The van der Waals surface area contributed by atoms with Crippen LogP contribution in [0.2, 0.25) is 0 Å². The Morgan fingerprint density at radius 1 is 1.08 bits per heavy atom. The van der Waals surface area contributed by atoms with Gasteiger partial charge in [0, 0.05) is 5.56 Å². The van der Waals surface area contributed by atoms with Gasteiger partial charge in [0.05, 0.1) is 26.4 Å². The maximum absolute atomic E-state index is 11.8. The van der Waals surface area contributed by atoms with E-state index in [0.29, 0.717) is 40.7 Å². The van der Waals surface area contributed by atoms with Crippen LogP contribution in [0.3, 0.4) is 0 Å². The minimum atomic E-state index is -0.380. The lowest BCUT2D eigenvalue weighted by atomic mass is 10.2. The number of nitrogens with zero attached hydrogens (tertiary/aromatic N) is 1. The predicted molar refractivity (Wildman–Crippen MR) is 88.5 cm³/mol. The standard InChI is InChI=1S/C18H17NO5/c1-4-23-18(20)12-6-7-14-13(9-12)19-17(24-14)11-5-8-15(21-2)16(10-11)22-3/h5-10H,4H2,1-3H3. The van der Waals surface area contributed by atoms with Gasteiger partial charge in [0.2, 0.25) is 5.89 Å². The molecule has 3 rings (SSSR count). The van der Waals surface area contributed by atoms with E-state index in [9.17, 15) is 4.79 Å². The minimum Gasteiger partial charge on any atom is -0.493 e. The summed E-state index contributed by atoms with van der Waals surface area (Å²) in [7, 11) is 3.15. The number of methoxy groups -OCH3 is 2. The number of ether oxygens (including phenoxy) is 3. The van der Waals surface area contributed by atoms with Crippen molar-refractivity contribution in [1.29, 1.82) is 0 Å². The lowest BCUT2D eigenvalue weighted by Gasteiger charge is -2.07. The van der Waals surface area contributed by atoms with Gasteiger partial charge >= 0.3 is 5.97 Å². The molecule has 2 aromatic carbocycles. The predicted octanol–water partition coefficient (Wildman–Crippen LogP) is 3.69. The Bertz CT molecular complexity index is 884. The molecule has 124 valence electrons. The third kappa shape index (κ3) is 2.90. The molecule has 0 N–H and O–H groups in total. The maximum atomic E-state index is 11.8. The Kier molecular flexibility index (Phi) is 4.37. The molecule has 0 aliphatic carbocycles. The van der Waals surface area contributed by atoms with Gasteiger partial charge in [-0.3, -0.25) is 0 Å². The van der Waals surface area contributed by atoms with Gasteiger partial charge in [-0.25, -0.2) is 9.78 Å². The quantitative estimate of drug-likeness (QED) is 0.666. The summed E-state index contributed by atoms with van der Waals surface area (Å²) < 4.78 is 21.3. The molecule has 1 aromatic heterocycles. The van der Waals surface area contributed by atoms with Crippen LogP contribution in [-0.4, -0.2) is 31.8 Å². The molecule has 0 bridgehead atoms. The van der Waals surface area contributed by atoms with Gasteiger partial charge in [-0.1, -0.05) is 0 Å². The molecule has 0 spiro atoms. The van der Waals surface area contributed by atoms with Gasteiger partial charge in [-0.05, 0) is 43.3 Å². The first-order valence-electron chi connectivity index (χ1n) is 7.46. The van der Waals surface area contributed by atoms with E-state index in [4.69, 9.17) is 18.6 Å². The van der Waals surface area contributed by atoms with Crippen molar-refractivity contribution in [2.75, 3.05) is 20.8 Å². The van der Waals surface area contributed by atoms with Gasteiger partial charge in [0.25, 0.3) is 0 Å². The summed E-state index contributed by atoms with van der Waals surface area (Å²) in [4.78, 5) is 16.3. The molecule has 0 aliphatic rings. The first-order valence-corrected chi connectivity index (χ1v) is 7.46. The first kappa shape index (κ1) is 15.9. The second-order valence-electron chi connectivity index (χ2n) is 4.99. The Morgan fingerprint density at radius 3 is 2.58 bits per heavy atom. The van der Waals surface area contributed by atoms with E-state index in [-0.39, 0.29) is 5.97 Å². The van der Waals surface area contributed by atoms with E-state index < -0.39 is 0 Å². The van der Waals surface area contributed by atoms with E-state index in [1.165, 1.54) is 0 Å². The van der Waals surface area contributed by atoms with Crippen molar-refractivity contribution in [3.05, 3.63) is 42.0 Å². The fourth-order valence-electron chi connectivity index (χ4n) is 2.36. The minimum absolute atomic E-state index is 0.326. The maximum Gasteiger partial charge on any atom is 0.338 e. The van der Waals surface area contributed by atoms with Crippen LogP contribution < -0.4 is 9.47 Å². The fourth-order valence-corrected chi connectivity index (χ4v) is 2.36. The van der Waals surface area contributed by atoms with E-state index in [2.05, 4.69) is 4.98 Å². The number of aromatic nitrogens is 1. The molecule has 6 nitrogen and oxygen atoms in total. The van der Waals surface area contributed by atoms with Crippen molar-refractivity contribution in [3.63, 3.8) is 0 Å². The Hall–Kier alpha value is -3.02. The van der Waals surface area contributed by atoms with Gasteiger partial charge in [0.1, 0.15) is 5.52 Å². The molecule has 0 amide bonds. The molecule has 3 aromatic rings. The van der Waals surface area contributed by atoms with E-state index in [0.717, 1.165) is 5.56 Å². The number of rotatable bonds is 5. The molecule has 0 saturated carbocycles. The molecule has 0 radical (unpaired) electrons. The molecule has 6 heteroatoms. The molecule has 0 fully saturated rings. The summed E-state index contributed by atoms with van der Waals surface area (Å²) >= 11 is 0. The average molecular weight is 327 g/mol. The monoisotopic (exact) mass is 327 g/mol. The summed E-state index contributed by atoms with van der Waals surface area (Å²) in [6, 6.07) is 10.4. The fraction of sp³-hybridized carbons (Fsp3) is 0.222. The van der Waals surface area contributed by atoms with Crippen LogP contribution in [0.25, 0.3) is 22.6 Å². The first-order chi connectivity index (χ1) is 11.7. The normalized spacial score (nSPS) is 10.6. The van der Waals surface area contributed by atoms with Crippen molar-refractivity contribution in [2.24, 2.45) is 0 Å². The highest BCUT2D eigenvalue weighted by Crippen LogP contribution is 2.33. The summed E-state index contributed by atoms with van der Waals surface area (Å²) in [5.41, 5.74) is 2.37. The van der Waals surface area contributed by atoms with Gasteiger partial charge < -0.3 is 18.6 Å². The summed E-state index contributed by atoms with van der Waals surface area (Å²) in [6.45, 7) is 2.09. The van der Waals surface area contributed by atoms with Crippen LogP contribution in [-0.2, 0) is 4.74 Å². The number of carbonyl (C=O) groups is 1. The number of hydrogen-bond acceptors (Lipinski definition) is 6. The highest BCUT2D eigenvalue weighted by atomic mass is 16.5. The van der Waals surface area contributed by atoms with Crippen LogP contribution in [0.15, 0.2) is 40.8 Å². The lowest BCUT2D eigenvalue weighted by molar-refractivity contribution is 0.0526. The van der Waals surface area contributed by atoms with E-state index in [1.54, 1.807) is 51.5 Å². The van der Waals surface area contributed by atoms with Crippen molar-refractivity contribution in [1.82, 2.24) is 4.98 Å². The number of hydrogen-bond donors (Lipinski definition) is 0. The third-order valence-corrected chi connectivity index (χ3v) is 3.53. The summed E-state index contributed by atoms with van der Waals surface area (Å²) in [6.07, 6.45) is 0. The lowest BCUT2D eigenvalue weighted by Crippen LogP contribution is -2.03. The molecule has 0 aliphatic heterocycles. The molecule has 0 unspecified atom stereocenters. The summed E-state index contributed by atoms with van der Waals surface area (Å²) in [5, 5.41) is 0. The van der Waals surface area contributed by atoms with Crippen LogP contribution in [0.1, 0.15) is 17.3 Å². The van der Waals surface area contributed by atoms with Crippen LogP contribution >= 0.6 is 0 Å². The average Bonchev–Trinajstić information content (AvgIpc) is 3.04. The Labute approximate surface area is 139 Å². The number of oxazole rings is 1. The second kappa shape index (κ2) is 6.62. The largest absolute Gasteiger partial charge is 0.493 e. The Balaban J connectivity index is 2.00. The smallest absolute Gasteiger partial charge is 0.338 e. The van der Waals surface area contributed by atoms with Crippen LogP contribution in [0.4, 0.5) is 0 Å². The van der Waals surface area contributed by atoms with Gasteiger partial charge in [-0.2, -0.15) is 0 Å². The SMILES string of the molecule is CCOC(=O)c1ccc2oc(-c3ccc(OC)c(OC)c3)nc2c1.